The van der Waals surface area contributed by atoms with E-state index in [9.17, 15) is 19.5 Å². The number of nitrogens with one attached hydrogen (secondary N) is 2. The van der Waals surface area contributed by atoms with Crippen molar-refractivity contribution in [3.05, 3.63) is 65.7 Å². The fraction of sp³-hybridized carbons (Fsp3) is 0.250. The Morgan fingerprint density at radius 3 is 2.37 bits per heavy atom. The van der Waals surface area contributed by atoms with Gasteiger partial charge in [0.05, 0.1) is 6.26 Å². The fourth-order valence-corrected chi connectivity index (χ4v) is 2.39. The molecule has 0 aliphatic rings. The standard InChI is InChI=1S/C20H22N2O5/c1-13(2)11-17(20(25)26)22-19(24)16(12-15-9-6-10-27-15)21-18(23)14-7-4-3-5-8-14/h3-10,12-13,17H,11H2,1-2H3,(H,21,23)(H,22,24)(H,25,26)/t17-/m1/s1. The van der Waals surface area contributed by atoms with Gasteiger partial charge in [-0.3, -0.25) is 9.59 Å². The van der Waals surface area contributed by atoms with Crippen molar-refractivity contribution in [3.8, 4) is 0 Å². The average molecular weight is 370 g/mol. The van der Waals surface area contributed by atoms with Crippen molar-refractivity contribution < 1.29 is 23.9 Å². The number of carbonyl (C=O) groups excluding carboxylic acids is 2. The van der Waals surface area contributed by atoms with Crippen molar-refractivity contribution in [2.45, 2.75) is 26.3 Å². The molecule has 0 bridgehead atoms. The SMILES string of the molecule is CC(C)C[C@@H](NC(=O)C(=Cc1ccco1)NC(=O)c1ccccc1)C(=O)O. The lowest BCUT2D eigenvalue weighted by molar-refractivity contribution is -0.141. The van der Waals surface area contributed by atoms with Gasteiger partial charge in [-0.15, -0.1) is 0 Å². The lowest BCUT2D eigenvalue weighted by Crippen LogP contribution is -2.45. The van der Waals surface area contributed by atoms with Crippen molar-refractivity contribution in [2.75, 3.05) is 0 Å². The van der Waals surface area contributed by atoms with Gasteiger partial charge in [-0.2, -0.15) is 0 Å². The third-order valence-electron chi connectivity index (χ3n) is 3.67. The smallest absolute Gasteiger partial charge is 0.326 e. The maximum atomic E-state index is 12.6. The van der Waals surface area contributed by atoms with E-state index in [4.69, 9.17) is 4.42 Å². The molecular weight excluding hydrogens is 348 g/mol. The molecule has 7 heteroatoms. The number of rotatable bonds is 8. The van der Waals surface area contributed by atoms with Crippen LogP contribution in [0.2, 0.25) is 0 Å². The molecule has 0 saturated heterocycles. The lowest BCUT2D eigenvalue weighted by Gasteiger charge is -2.18. The Hall–Kier alpha value is -3.35. The molecule has 1 aromatic heterocycles. The summed E-state index contributed by atoms with van der Waals surface area (Å²) in [6.45, 7) is 3.72. The van der Waals surface area contributed by atoms with Crippen molar-refractivity contribution in [1.29, 1.82) is 0 Å². The quantitative estimate of drug-likeness (QED) is 0.619. The molecule has 27 heavy (non-hydrogen) atoms. The van der Waals surface area contributed by atoms with Gasteiger partial charge in [0.15, 0.2) is 0 Å². The second-order valence-electron chi connectivity index (χ2n) is 6.39. The summed E-state index contributed by atoms with van der Waals surface area (Å²) in [7, 11) is 0. The average Bonchev–Trinajstić information content (AvgIpc) is 3.13. The van der Waals surface area contributed by atoms with E-state index in [0.717, 1.165) is 0 Å². The first kappa shape index (κ1) is 20.0. The van der Waals surface area contributed by atoms with Crippen LogP contribution in [-0.4, -0.2) is 28.9 Å². The molecule has 7 nitrogen and oxygen atoms in total. The molecule has 0 aliphatic heterocycles. The summed E-state index contributed by atoms with van der Waals surface area (Å²) in [5.74, 6) is -1.90. The highest BCUT2D eigenvalue weighted by Gasteiger charge is 2.24. The minimum absolute atomic E-state index is 0.0720. The molecule has 0 spiro atoms. The Kier molecular flexibility index (Phi) is 6.93. The van der Waals surface area contributed by atoms with Crippen molar-refractivity contribution in [2.24, 2.45) is 5.92 Å². The predicted molar refractivity (Wildman–Crippen MR) is 99.6 cm³/mol. The Labute approximate surface area is 157 Å². The van der Waals surface area contributed by atoms with Crippen LogP contribution < -0.4 is 10.6 Å². The van der Waals surface area contributed by atoms with Crippen LogP contribution in [0.3, 0.4) is 0 Å². The molecule has 1 aromatic carbocycles. The molecule has 0 fully saturated rings. The maximum Gasteiger partial charge on any atom is 0.326 e. The van der Waals surface area contributed by atoms with Crippen molar-refractivity contribution >= 4 is 23.9 Å². The van der Waals surface area contributed by atoms with E-state index < -0.39 is 23.8 Å². The van der Waals surface area contributed by atoms with Crippen molar-refractivity contribution in [1.82, 2.24) is 10.6 Å². The van der Waals surface area contributed by atoms with Gasteiger partial charge < -0.3 is 20.2 Å². The molecule has 0 unspecified atom stereocenters. The van der Waals surface area contributed by atoms with Crippen LogP contribution >= 0.6 is 0 Å². The van der Waals surface area contributed by atoms with Crippen LogP contribution in [0.5, 0.6) is 0 Å². The minimum atomic E-state index is -1.14. The summed E-state index contributed by atoms with van der Waals surface area (Å²) in [6, 6.07) is 10.6. The summed E-state index contributed by atoms with van der Waals surface area (Å²) in [5, 5.41) is 14.3. The number of benzene rings is 1. The number of hydrogen-bond donors (Lipinski definition) is 3. The molecule has 1 atom stereocenters. The zero-order valence-electron chi connectivity index (χ0n) is 15.1. The van der Waals surface area contributed by atoms with E-state index in [1.807, 2.05) is 13.8 Å². The Balaban J connectivity index is 2.23. The first-order valence-electron chi connectivity index (χ1n) is 8.52. The molecule has 2 rings (SSSR count). The van der Waals surface area contributed by atoms with E-state index in [1.165, 1.54) is 12.3 Å². The van der Waals surface area contributed by atoms with Gasteiger partial charge in [0.2, 0.25) is 0 Å². The first-order chi connectivity index (χ1) is 12.9. The molecule has 0 radical (unpaired) electrons. The van der Waals surface area contributed by atoms with Crippen LogP contribution in [0.25, 0.3) is 6.08 Å². The molecule has 0 saturated carbocycles. The largest absolute Gasteiger partial charge is 0.480 e. The van der Waals surface area contributed by atoms with E-state index in [2.05, 4.69) is 10.6 Å². The van der Waals surface area contributed by atoms with Gasteiger partial charge in [0.25, 0.3) is 11.8 Å². The highest BCUT2D eigenvalue weighted by atomic mass is 16.4. The van der Waals surface area contributed by atoms with Crippen LogP contribution in [0.15, 0.2) is 58.8 Å². The van der Waals surface area contributed by atoms with Crippen LogP contribution in [-0.2, 0) is 9.59 Å². The summed E-state index contributed by atoms with van der Waals surface area (Å²) in [4.78, 5) is 36.5. The van der Waals surface area contributed by atoms with E-state index in [0.29, 0.717) is 11.3 Å². The Bertz CT molecular complexity index is 810. The normalized spacial score (nSPS) is 12.5. The molecular formula is C20H22N2O5. The third kappa shape index (κ3) is 6.14. The zero-order valence-corrected chi connectivity index (χ0v) is 15.1. The third-order valence-corrected chi connectivity index (χ3v) is 3.67. The molecule has 2 amide bonds. The van der Waals surface area contributed by atoms with Crippen LogP contribution in [0.1, 0.15) is 36.4 Å². The second-order valence-corrected chi connectivity index (χ2v) is 6.39. The predicted octanol–water partition coefficient (Wildman–Crippen LogP) is 2.67. The number of furan rings is 1. The summed E-state index contributed by atoms with van der Waals surface area (Å²) < 4.78 is 5.19. The molecule has 0 aliphatic carbocycles. The second kappa shape index (κ2) is 9.38. The van der Waals surface area contributed by atoms with Gasteiger partial charge in [-0.25, -0.2) is 4.79 Å². The van der Waals surface area contributed by atoms with Gasteiger partial charge in [-0.05, 0) is 36.6 Å². The zero-order chi connectivity index (χ0) is 19.8. The first-order valence-corrected chi connectivity index (χ1v) is 8.52. The monoisotopic (exact) mass is 370 g/mol. The fourth-order valence-electron chi connectivity index (χ4n) is 2.39. The minimum Gasteiger partial charge on any atom is -0.480 e. The molecule has 2 aromatic rings. The van der Waals surface area contributed by atoms with Gasteiger partial charge in [-0.1, -0.05) is 32.0 Å². The van der Waals surface area contributed by atoms with E-state index >= 15 is 0 Å². The van der Waals surface area contributed by atoms with Crippen LogP contribution in [0.4, 0.5) is 0 Å². The maximum absolute atomic E-state index is 12.6. The molecule has 3 N–H and O–H groups in total. The highest BCUT2D eigenvalue weighted by molar-refractivity contribution is 6.05. The molecule has 142 valence electrons. The van der Waals surface area contributed by atoms with Crippen LogP contribution in [0, 0.1) is 5.92 Å². The topological polar surface area (TPSA) is 109 Å². The Morgan fingerprint density at radius 1 is 1.11 bits per heavy atom. The number of aliphatic carboxylic acids is 1. The van der Waals surface area contributed by atoms with Gasteiger partial charge >= 0.3 is 5.97 Å². The number of carboxylic acid groups (broad SMARTS) is 1. The number of carbonyl (C=O) groups is 3. The Morgan fingerprint density at radius 2 is 1.81 bits per heavy atom. The van der Waals surface area contributed by atoms with Gasteiger partial charge in [0, 0.05) is 11.6 Å². The van der Waals surface area contributed by atoms with Gasteiger partial charge in [0.1, 0.15) is 17.5 Å². The summed E-state index contributed by atoms with van der Waals surface area (Å²) in [5.41, 5.74) is 0.265. The summed E-state index contributed by atoms with van der Waals surface area (Å²) in [6.07, 6.45) is 3.05. The number of hydrogen-bond acceptors (Lipinski definition) is 4. The number of amides is 2. The van der Waals surface area contributed by atoms with E-state index in [-0.39, 0.29) is 18.0 Å². The highest BCUT2D eigenvalue weighted by Crippen LogP contribution is 2.10. The van der Waals surface area contributed by atoms with Crippen molar-refractivity contribution in [3.63, 3.8) is 0 Å². The molecule has 1 heterocycles. The summed E-state index contributed by atoms with van der Waals surface area (Å²) >= 11 is 0. The van der Waals surface area contributed by atoms with E-state index in [1.54, 1.807) is 42.5 Å². The number of carboxylic acids is 1. The lowest BCUT2D eigenvalue weighted by atomic mass is 10.0.